The molecule has 0 saturated carbocycles. The molecular weight excluding hydrogens is 352 g/mol. The van der Waals surface area contributed by atoms with E-state index in [0.717, 1.165) is 16.7 Å². The van der Waals surface area contributed by atoms with Crippen molar-refractivity contribution in [3.63, 3.8) is 0 Å². The van der Waals surface area contributed by atoms with Crippen LogP contribution in [0.2, 0.25) is 0 Å². The topological polar surface area (TPSA) is 83.5 Å². The van der Waals surface area contributed by atoms with Crippen LogP contribution in [0.15, 0.2) is 47.6 Å². The largest absolute Gasteiger partial charge is 0.349 e. The average Bonchev–Trinajstić information content (AvgIpc) is 3.03. The summed E-state index contributed by atoms with van der Waals surface area (Å²) in [6, 6.07) is 11.7. The van der Waals surface area contributed by atoms with Gasteiger partial charge in [0.2, 0.25) is 11.8 Å². The molecule has 1 aliphatic rings. The van der Waals surface area contributed by atoms with E-state index in [4.69, 9.17) is 0 Å². The van der Waals surface area contributed by atoms with E-state index in [1.807, 2.05) is 64.1 Å². The van der Waals surface area contributed by atoms with Gasteiger partial charge in [-0.05, 0) is 24.1 Å². The van der Waals surface area contributed by atoms with Gasteiger partial charge in [-0.2, -0.15) is 0 Å². The smallest absolute Gasteiger partial charge is 0.230 e. The predicted molar refractivity (Wildman–Crippen MR) is 109 cm³/mol. The van der Waals surface area contributed by atoms with Crippen LogP contribution in [-0.2, 0) is 22.6 Å². The van der Waals surface area contributed by atoms with Gasteiger partial charge in [0.25, 0.3) is 0 Å². The Kier molecular flexibility index (Phi) is 5.58. The number of carbonyl (C=O) groups excluding carboxylic acids is 2. The lowest BCUT2D eigenvalue weighted by molar-refractivity contribution is -0.127. The summed E-state index contributed by atoms with van der Waals surface area (Å²) >= 11 is 0. The second-order valence-corrected chi connectivity index (χ2v) is 8.08. The van der Waals surface area contributed by atoms with Gasteiger partial charge in [-0.15, -0.1) is 0 Å². The number of pyridine rings is 1. The highest BCUT2D eigenvalue weighted by molar-refractivity contribution is 6.10. The third-order valence-corrected chi connectivity index (χ3v) is 4.64. The second kappa shape index (κ2) is 7.92. The number of benzene rings is 1. The lowest BCUT2D eigenvalue weighted by Crippen LogP contribution is -2.38. The number of nitrogens with one attached hydrogen (secondary N) is 2. The van der Waals surface area contributed by atoms with Crippen molar-refractivity contribution in [3.8, 4) is 0 Å². The third-order valence-electron chi connectivity index (χ3n) is 4.64. The highest BCUT2D eigenvalue weighted by atomic mass is 16.2. The molecule has 0 radical (unpaired) electrons. The zero-order valence-electron chi connectivity index (χ0n) is 16.7. The van der Waals surface area contributed by atoms with Crippen molar-refractivity contribution in [2.45, 2.75) is 46.7 Å². The predicted octanol–water partition coefficient (Wildman–Crippen LogP) is 2.92. The Morgan fingerprint density at radius 2 is 1.89 bits per heavy atom. The molecule has 1 atom stereocenters. The molecule has 0 spiro atoms. The molecule has 6 nitrogen and oxygen atoms in total. The van der Waals surface area contributed by atoms with Crippen LogP contribution in [0.3, 0.4) is 0 Å². The first-order valence-electron chi connectivity index (χ1n) is 9.42. The van der Waals surface area contributed by atoms with E-state index in [9.17, 15) is 9.59 Å². The van der Waals surface area contributed by atoms with Crippen LogP contribution in [0.5, 0.6) is 0 Å². The normalized spacial score (nSPS) is 14.1. The van der Waals surface area contributed by atoms with E-state index in [1.54, 1.807) is 6.20 Å². The number of amides is 2. The highest BCUT2D eigenvalue weighted by Crippen LogP contribution is 2.20. The summed E-state index contributed by atoms with van der Waals surface area (Å²) in [5.74, 6) is 0.387. The zero-order chi connectivity index (χ0) is 20.3. The molecule has 6 heteroatoms. The van der Waals surface area contributed by atoms with Gasteiger partial charge in [0.15, 0.2) is 0 Å². The van der Waals surface area contributed by atoms with Gasteiger partial charge in [-0.3, -0.25) is 19.6 Å². The molecule has 0 bridgehead atoms. The Bertz CT molecular complexity index is 914. The number of hydrogen-bond donors (Lipinski definition) is 2. The maximum atomic E-state index is 12.4. The van der Waals surface area contributed by atoms with Crippen molar-refractivity contribution >= 4 is 17.6 Å². The van der Waals surface area contributed by atoms with Gasteiger partial charge >= 0.3 is 0 Å². The van der Waals surface area contributed by atoms with Crippen LogP contribution >= 0.6 is 0 Å². The molecule has 28 heavy (non-hydrogen) atoms. The monoisotopic (exact) mass is 378 g/mol. The van der Waals surface area contributed by atoms with Crippen LogP contribution in [-0.4, -0.2) is 22.6 Å². The first kappa shape index (κ1) is 19.7. The lowest BCUT2D eigenvalue weighted by atomic mass is 9.95. The molecule has 146 valence electrons. The van der Waals surface area contributed by atoms with Crippen molar-refractivity contribution in [2.24, 2.45) is 10.4 Å². The van der Waals surface area contributed by atoms with Crippen LogP contribution in [0, 0.1) is 5.41 Å². The number of aliphatic imine (C=N–C) groups is 1. The van der Waals surface area contributed by atoms with Gasteiger partial charge in [0.1, 0.15) is 5.84 Å². The fourth-order valence-corrected chi connectivity index (χ4v) is 2.92. The van der Waals surface area contributed by atoms with E-state index < -0.39 is 5.41 Å². The summed E-state index contributed by atoms with van der Waals surface area (Å²) in [5.41, 5.74) is 3.05. The lowest BCUT2D eigenvalue weighted by Gasteiger charge is -2.18. The number of carbonyl (C=O) groups is 2. The first-order valence-corrected chi connectivity index (χ1v) is 9.42. The van der Waals surface area contributed by atoms with E-state index in [1.165, 1.54) is 0 Å². The van der Waals surface area contributed by atoms with Gasteiger partial charge in [-0.1, -0.05) is 51.1 Å². The van der Waals surface area contributed by atoms with Crippen LogP contribution < -0.4 is 10.6 Å². The Labute approximate surface area is 165 Å². The fourth-order valence-electron chi connectivity index (χ4n) is 2.92. The molecule has 1 aromatic heterocycles. The Morgan fingerprint density at radius 1 is 1.18 bits per heavy atom. The number of amidine groups is 1. The molecule has 1 aromatic carbocycles. The van der Waals surface area contributed by atoms with E-state index in [2.05, 4.69) is 20.6 Å². The first-order chi connectivity index (χ1) is 13.2. The molecule has 0 unspecified atom stereocenters. The van der Waals surface area contributed by atoms with E-state index in [0.29, 0.717) is 18.1 Å². The minimum atomic E-state index is -0.494. The molecule has 2 aromatic rings. The SMILES string of the molecule is C[C@@H](NC(=O)Cc1cc2c(cn1)C(NC(=O)C(C)(C)C)=NC2)c1ccccc1. The van der Waals surface area contributed by atoms with Crippen LogP contribution in [0.1, 0.15) is 56.1 Å². The maximum absolute atomic E-state index is 12.4. The fraction of sp³-hybridized carbons (Fsp3) is 0.364. The molecule has 2 N–H and O–H groups in total. The summed E-state index contributed by atoms with van der Waals surface area (Å²) in [6.45, 7) is 8.01. The van der Waals surface area contributed by atoms with Crippen LogP contribution in [0.4, 0.5) is 0 Å². The second-order valence-electron chi connectivity index (χ2n) is 8.08. The van der Waals surface area contributed by atoms with Gasteiger partial charge in [0.05, 0.1) is 24.7 Å². The zero-order valence-corrected chi connectivity index (χ0v) is 16.7. The van der Waals surface area contributed by atoms with Gasteiger partial charge < -0.3 is 10.6 Å². The Morgan fingerprint density at radius 3 is 2.57 bits per heavy atom. The number of rotatable bonds is 4. The molecule has 0 aliphatic carbocycles. The summed E-state index contributed by atoms with van der Waals surface area (Å²) in [4.78, 5) is 33.4. The third kappa shape index (κ3) is 4.63. The number of hydrogen-bond acceptors (Lipinski definition) is 4. The Hall–Kier alpha value is -3.02. The molecular formula is C22H26N4O2. The molecule has 2 heterocycles. The van der Waals surface area contributed by atoms with Crippen molar-refractivity contribution in [1.29, 1.82) is 0 Å². The standard InChI is InChI=1S/C22H26N4O2/c1-14(15-8-6-5-7-9-15)25-19(27)11-17-10-16-12-24-20(18(16)13-23-17)26-21(28)22(2,3)4/h5-10,13-14H,11-12H2,1-4H3,(H,25,27)(H,24,26,28)/t14-/m1/s1. The molecule has 0 saturated heterocycles. The summed E-state index contributed by atoms with van der Waals surface area (Å²) < 4.78 is 0. The number of nitrogens with zero attached hydrogens (tertiary/aromatic N) is 2. The van der Waals surface area contributed by atoms with Crippen molar-refractivity contribution < 1.29 is 9.59 Å². The molecule has 0 fully saturated rings. The van der Waals surface area contributed by atoms with E-state index >= 15 is 0 Å². The number of fused-ring (bicyclic) bond motifs is 1. The van der Waals surface area contributed by atoms with Gasteiger partial charge in [-0.25, -0.2) is 0 Å². The molecule has 2 amide bonds. The highest BCUT2D eigenvalue weighted by Gasteiger charge is 2.26. The molecule has 3 rings (SSSR count). The maximum Gasteiger partial charge on any atom is 0.230 e. The minimum Gasteiger partial charge on any atom is -0.349 e. The minimum absolute atomic E-state index is 0.0642. The quantitative estimate of drug-likeness (QED) is 0.858. The number of aromatic nitrogens is 1. The molecule has 1 aliphatic heterocycles. The summed E-state index contributed by atoms with van der Waals surface area (Å²) in [6.07, 6.45) is 1.89. The summed E-state index contributed by atoms with van der Waals surface area (Å²) in [7, 11) is 0. The van der Waals surface area contributed by atoms with E-state index in [-0.39, 0.29) is 24.3 Å². The van der Waals surface area contributed by atoms with Crippen molar-refractivity contribution in [2.75, 3.05) is 0 Å². The van der Waals surface area contributed by atoms with Crippen LogP contribution in [0.25, 0.3) is 0 Å². The van der Waals surface area contributed by atoms with Crippen molar-refractivity contribution in [3.05, 3.63) is 65.0 Å². The Balaban J connectivity index is 1.62. The average molecular weight is 378 g/mol. The van der Waals surface area contributed by atoms with Crippen molar-refractivity contribution in [1.82, 2.24) is 15.6 Å². The van der Waals surface area contributed by atoms with Gasteiger partial charge in [0, 0.05) is 17.2 Å². The summed E-state index contributed by atoms with van der Waals surface area (Å²) in [5, 5.41) is 5.87.